The van der Waals surface area contributed by atoms with E-state index >= 15 is 0 Å². The van der Waals surface area contributed by atoms with Crippen molar-refractivity contribution in [3.63, 3.8) is 0 Å². The van der Waals surface area contributed by atoms with Gasteiger partial charge in [0.1, 0.15) is 0 Å². The molecule has 1 saturated heterocycles. The zero-order valence-electron chi connectivity index (χ0n) is 4.40. The lowest BCUT2D eigenvalue weighted by Crippen LogP contribution is -2.29. The molecule has 1 aliphatic rings. The second-order valence-electron chi connectivity index (χ2n) is 1.66. The highest BCUT2D eigenvalue weighted by Crippen LogP contribution is 2.25. The maximum absolute atomic E-state index is 11.6. The summed E-state index contributed by atoms with van der Waals surface area (Å²) in [6, 6.07) is 0. The van der Waals surface area contributed by atoms with Gasteiger partial charge in [0.15, 0.2) is 6.10 Å². The van der Waals surface area contributed by atoms with Crippen LogP contribution in [0.5, 0.6) is 0 Å². The lowest BCUT2D eigenvalue weighted by atomic mass is 10.3. The molecule has 1 radical (unpaired) electrons. The second kappa shape index (κ2) is 2.15. The number of hydroxylamine groups is 1. The van der Waals surface area contributed by atoms with Gasteiger partial charge in [-0.25, -0.2) is 5.48 Å². The Hall–Kier alpha value is -0.290. The van der Waals surface area contributed by atoms with Gasteiger partial charge in [0.25, 0.3) is 0 Å². The van der Waals surface area contributed by atoms with Crippen LogP contribution < -0.4 is 5.48 Å². The standard InChI is InChI=1S/C4H5F3NO/c5-4(6,7)3-1-2-8-9-3/h1,3,8H,2H2. The summed E-state index contributed by atoms with van der Waals surface area (Å²) in [4.78, 5) is 4.09. The van der Waals surface area contributed by atoms with Crippen molar-refractivity contribution in [3.8, 4) is 0 Å². The zero-order valence-corrected chi connectivity index (χ0v) is 4.40. The van der Waals surface area contributed by atoms with Gasteiger partial charge in [-0.3, -0.25) is 4.84 Å². The van der Waals surface area contributed by atoms with Gasteiger partial charge >= 0.3 is 6.18 Å². The van der Waals surface area contributed by atoms with Crippen molar-refractivity contribution in [2.75, 3.05) is 6.54 Å². The van der Waals surface area contributed by atoms with E-state index in [-0.39, 0.29) is 6.54 Å². The Balaban J connectivity index is 2.42. The van der Waals surface area contributed by atoms with Crippen molar-refractivity contribution in [2.45, 2.75) is 12.3 Å². The Morgan fingerprint density at radius 2 is 2.22 bits per heavy atom. The average molecular weight is 140 g/mol. The summed E-state index contributed by atoms with van der Waals surface area (Å²) in [7, 11) is 0. The number of hydrogen-bond acceptors (Lipinski definition) is 2. The molecule has 1 aliphatic heterocycles. The minimum Gasteiger partial charge on any atom is -0.289 e. The fourth-order valence-corrected chi connectivity index (χ4v) is 0.542. The average Bonchev–Trinajstić information content (AvgIpc) is 2.08. The molecule has 1 rings (SSSR count). The van der Waals surface area contributed by atoms with Crippen molar-refractivity contribution in [1.82, 2.24) is 5.48 Å². The third kappa shape index (κ3) is 1.56. The first-order chi connectivity index (χ1) is 4.11. The van der Waals surface area contributed by atoms with Gasteiger partial charge in [-0.2, -0.15) is 13.2 Å². The summed E-state index contributed by atoms with van der Waals surface area (Å²) in [5, 5.41) is 0. The SMILES string of the molecule is FC(F)(F)C1[CH]CNO1. The summed E-state index contributed by atoms with van der Waals surface area (Å²) < 4.78 is 34.7. The summed E-state index contributed by atoms with van der Waals surface area (Å²) in [5.74, 6) is 0. The normalized spacial score (nSPS) is 29.0. The number of rotatable bonds is 0. The van der Waals surface area contributed by atoms with Crippen LogP contribution in [0.1, 0.15) is 0 Å². The Morgan fingerprint density at radius 3 is 2.44 bits per heavy atom. The largest absolute Gasteiger partial charge is 0.416 e. The molecule has 1 atom stereocenters. The van der Waals surface area contributed by atoms with Crippen LogP contribution in [0.3, 0.4) is 0 Å². The molecule has 2 nitrogen and oxygen atoms in total. The van der Waals surface area contributed by atoms with Gasteiger partial charge in [0, 0.05) is 13.0 Å². The molecule has 0 amide bonds. The lowest BCUT2D eigenvalue weighted by Gasteiger charge is -2.10. The molecule has 1 heterocycles. The van der Waals surface area contributed by atoms with Crippen LogP contribution in [0, 0.1) is 6.42 Å². The number of nitrogens with one attached hydrogen (secondary N) is 1. The second-order valence-corrected chi connectivity index (χ2v) is 1.66. The van der Waals surface area contributed by atoms with E-state index in [1.165, 1.54) is 0 Å². The Kier molecular flexibility index (Phi) is 1.63. The molecule has 0 aromatic carbocycles. The first kappa shape index (κ1) is 6.82. The maximum atomic E-state index is 11.6. The van der Waals surface area contributed by atoms with E-state index in [4.69, 9.17) is 0 Å². The minimum atomic E-state index is -4.26. The molecule has 5 heteroatoms. The van der Waals surface area contributed by atoms with Gasteiger partial charge in [-0.1, -0.05) is 0 Å². The summed E-state index contributed by atoms with van der Waals surface area (Å²) in [6.45, 7) is 0.157. The molecule has 0 spiro atoms. The van der Waals surface area contributed by atoms with Gasteiger partial charge in [-0.15, -0.1) is 0 Å². The van der Waals surface area contributed by atoms with Crippen LogP contribution in [0.25, 0.3) is 0 Å². The molecule has 0 aliphatic carbocycles. The van der Waals surface area contributed by atoms with Gasteiger partial charge < -0.3 is 0 Å². The van der Waals surface area contributed by atoms with Crippen LogP contribution in [-0.4, -0.2) is 18.8 Å². The highest BCUT2D eigenvalue weighted by atomic mass is 19.4. The van der Waals surface area contributed by atoms with Crippen molar-refractivity contribution in [2.24, 2.45) is 0 Å². The van der Waals surface area contributed by atoms with E-state index in [0.717, 1.165) is 6.42 Å². The monoisotopic (exact) mass is 140 g/mol. The van der Waals surface area contributed by atoms with Crippen molar-refractivity contribution in [3.05, 3.63) is 6.42 Å². The summed E-state index contributed by atoms with van der Waals surface area (Å²) >= 11 is 0. The van der Waals surface area contributed by atoms with Crippen LogP contribution in [0.15, 0.2) is 0 Å². The highest BCUT2D eigenvalue weighted by molar-refractivity contribution is 4.87. The summed E-state index contributed by atoms with van der Waals surface area (Å²) in [6.07, 6.45) is -4.96. The Labute approximate surface area is 49.9 Å². The Bertz CT molecular complexity index is 96.5. The molecule has 0 aromatic rings. The van der Waals surface area contributed by atoms with Crippen molar-refractivity contribution < 1.29 is 18.0 Å². The molecular formula is C4H5F3NO. The van der Waals surface area contributed by atoms with Gasteiger partial charge in [-0.05, 0) is 0 Å². The molecule has 0 bridgehead atoms. The predicted molar refractivity (Wildman–Crippen MR) is 23.2 cm³/mol. The third-order valence-electron chi connectivity index (χ3n) is 0.948. The van der Waals surface area contributed by atoms with E-state index in [0.29, 0.717) is 0 Å². The number of hydrogen-bond donors (Lipinski definition) is 1. The number of halogens is 3. The molecule has 53 valence electrons. The third-order valence-corrected chi connectivity index (χ3v) is 0.948. The first-order valence-corrected chi connectivity index (χ1v) is 2.39. The minimum absolute atomic E-state index is 0.157. The van der Waals surface area contributed by atoms with Crippen LogP contribution in [0.2, 0.25) is 0 Å². The van der Waals surface area contributed by atoms with E-state index in [1.54, 1.807) is 0 Å². The molecule has 1 unspecified atom stereocenters. The molecule has 0 aromatic heterocycles. The molecule has 9 heavy (non-hydrogen) atoms. The van der Waals surface area contributed by atoms with Crippen LogP contribution in [0.4, 0.5) is 13.2 Å². The first-order valence-electron chi connectivity index (χ1n) is 2.39. The zero-order chi connectivity index (χ0) is 6.91. The number of alkyl halides is 3. The molecule has 0 saturated carbocycles. The summed E-state index contributed by atoms with van der Waals surface area (Å²) in [5.41, 5.74) is 2.10. The van der Waals surface area contributed by atoms with E-state index in [9.17, 15) is 13.2 Å². The van der Waals surface area contributed by atoms with Crippen molar-refractivity contribution >= 4 is 0 Å². The Morgan fingerprint density at radius 1 is 1.56 bits per heavy atom. The topological polar surface area (TPSA) is 21.3 Å². The van der Waals surface area contributed by atoms with E-state index in [1.807, 2.05) is 0 Å². The molecule has 1 fully saturated rings. The van der Waals surface area contributed by atoms with Gasteiger partial charge in [0.05, 0.1) is 0 Å². The van der Waals surface area contributed by atoms with Crippen LogP contribution >= 0.6 is 0 Å². The fourth-order valence-electron chi connectivity index (χ4n) is 0.542. The highest BCUT2D eigenvalue weighted by Gasteiger charge is 2.43. The maximum Gasteiger partial charge on any atom is 0.416 e. The van der Waals surface area contributed by atoms with Crippen molar-refractivity contribution in [1.29, 1.82) is 0 Å². The van der Waals surface area contributed by atoms with Gasteiger partial charge in [0.2, 0.25) is 0 Å². The van der Waals surface area contributed by atoms with E-state index in [2.05, 4.69) is 10.3 Å². The quantitative estimate of drug-likeness (QED) is 0.533. The lowest BCUT2D eigenvalue weighted by molar-refractivity contribution is -0.210. The fraction of sp³-hybridized carbons (Fsp3) is 0.750. The predicted octanol–water partition coefficient (Wildman–Crippen LogP) is 0.656. The molecular weight excluding hydrogens is 135 g/mol. The van der Waals surface area contributed by atoms with E-state index < -0.39 is 12.3 Å². The molecule has 1 N–H and O–H groups in total. The van der Waals surface area contributed by atoms with Crippen LogP contribution in [-0.2, 0) is 4.84 Å². The smallest absolute Gasteiger partial charge is 0.289 e.